The minimum atomic E-state index is -0.287. The number of halogens is 1. The average molecular weight is 348 g/mol. The fourth-order valence-corrected chi connectivity index (χ4v) is 1.96. The van der Waals surface area contributed by atoms with Crippen molar-refractivity contribution in [1.82, 2.24) is 0 Å². The molecule has 0 radical (unpaired) electrons. The minimum Gasteiger partial charge on any atom is -0.492 e. The molecule has 0 heterocycles. The molecular weight excluding hydrogens is 331 g/mol. The van der Waals surface area contributed by atoms with Crippen molar-refractivity contribution in [2.45, 2.75) is 26.7 Å². The Morgan fingerprint density at radius 1 is 1.35 bits per heavy atom. The fourth-order valence-electron chi connectivity index (χ4n) is 1.29. The molecule has 0 spiro atoms. The van der Waals surface area contributed by atoms with Crippen LogP contribution in [0, 0.1) is 3.57 Å². The summed E-state index contributed by atoms with van der Waals surface area (Å²) in [5.41, 5.74) is 0.569. The molecule has 4 heteroatoms. The second-order valence-corrected chi connectivity index (χ2v) is 4.73. The summed E-state index contributed by atoms with van der Waals surface area (Å²) in [6.45, 7) is 5.03. The summed E-state index contributed by atoms with van der Waals surface area (Å²) in [7, 11) is 0. The minimum absolute atomic E-state index is 0.287. The van der Waals surface area contributed by atoms with Gasteiger partial charge in [-0.15, -0.1) is 0 Å². The molecule has 1 rings (SSSR count). The van der Waals surface area contributed by atoms with E-state index in [1.54, 1.807) is 19.1 Å². The first-order valence-corrected chi connectivity index (χ1v) is 6.86. The highest BCUT2D eigenvalue weighted by Gasteiger charge is 2.09. The zero-order chi connectivity index (χ0) is 12.7. The van der Waals surface area contributed by atoms with E-state index in [9.17, 15) is 4.79 Å². The molecule has 0 aromatic heterocycles. The Balaban J connectivity index is 2.68. The molecule has 0 saturated heterocycles. The van der Waals surface area contributed by atoms with Crippen LogP contribution in [0.1, 0.15) is 37.0 Å². The zero-order valence-electron chi connectivity index (χ0n) is 10.2. The number of benzene rings is 1. The van der Waals surface area contributed by atoms with E-state index in [2.05, 4.69) is 29.5 Å². The van der Waals surface area contributed by atoms with Gasteiger partial charge in [0.05, 0.1) is 22.3 Å². The number of carbonyl (C=O) groups is 1. The van der Waals surface area contributed by atoms with Crippen molar-refractivity contribution in [3.63, 3.8) is 0 Å². The van der Waals surface area contributed by atoms with Gasteiger partial charge in [0.1, 0.15) is 5.75 Å². The largest absolute Gasteiger partial charge is 0.492 e. The Morgan fingerprint density at radius 2 is 2.12 bits per heavy atom. The van der Waals surface area contributed by atoms with Crippen LogP contribution in [0.2, 0.25) is 0 Å². The van der Waals surface area contributed by atoms with Crippen LogP contribution >= 0.6 is 22.6 Å². The van der Waals surface area contributed by atoms with Gasteiger partial charge in [-0.25, -0.2) is 4.79 Å². The maximum atomic E-state index is 11.5. The third-order valence-corrected chi connectivity index (χ3v) is 3.04. The standard InChI is InChI=1S/C13H17IO3/c1-3-5-8-17-12-7-6-10(9-11(12)14)13(15)16-4-2/h6-7,9H,3-5,8H2,1-2H3. The number of hydrogen-bond donors (Lipinski definition) is 0. The summed E-state index contributed by atoms with van der Waals surface area (Å²) in [5, 5.41) is 0. The van der Waals surface area contributed by atoms with E-state index in [4.69, 9.17) is 9.47 Å². The summed E-state index contributed by atoms with van der Waals surface area (Å²) < 4.78 is 11.5. The zero-order valence-corrected chi connectivity index (χ0v) is 12.3. The van der Waals surface area contributed by atoms with Gasteiger partial charge in [-0.3, -0.25) is 0 Å². The van der Waals surface area contributed by atoms with E-state index in [1.165, 1.54) is 0 Å². The Hall–Kier alpha value is -0.780. The molecular formula is C13H17IO3. The van der Waals surface area contributed by atoms with Crippen molar-refractivity contribution in [3.05, 3.63) is 27.3 Å². The molecule has 0 amide bonds. The molecule has 0 bridgehead atoms. The third-order valence-electron chi connectivity index (χ3n) is 2.20. The van der Waals surface area contributed by atoms with E-state index in [0.29, 0.717) is 18.8 Å². The first-order chi connectivity index (χ1) is 8.19. The van der Waals surface area contributed by atoms with E-state index in [-0.39, 0.29) is 5.97 Å². The summed E-state index contributed by atoms with van der Waals surface area (Å²) in [6.07, 6.45) is 2.15. The lowest BCUT2D eigenvalue weighted by atomic mass is 10.2. The van der Waals surface area contributed by atoms with Crippen LogP contribution in [0.3, 0.4) is 0 Å². The molecule has 1 aromatic carbocycles. The van der Waals surface area contributed by atoms with Gasteiger partial charge in [0.15, 0.2) is 0 Å². The monoisotopic (exact) mass is 348 g/mol. The van der Waals surface area contributed by atoms with Crippen LogP contribution in [-0.4, -0.2) is 19.2 Å². The highest BCUT2D eigenvalue weighted by molar-refractivity contribution is 14.1. The second kappa shape index (κ2) is 7.53. The highest BCUT2D eigenvalue weighted by atomic mass is 127. The molecule has 94 valence electrons. The van der Waals surface area contributed by atoms with Crippen molar-refractivity contribution in [3.8, 4) is 5.75 Å². The van der Waals surface area contributed by atoms with E-state index in [1.807, 2.05) is 6.07 Å². The van der Waals surface area contributed by atoms with Gasteiger partial charge in [-0.2, -0.15) is 0 Å². The van der Waals surface area contributed by atoms with Gasteiger partial charge in [-0.1, -0.05) is 13.3 Å². The molecule has 0 N–H and O–H groups in total. The van der Waals surface area contributed by atoms with Gasteiger partial charge in [-0.05, 0) is 54.1 Å². The highest BCUT2D eigenvalue weighted by Crippen LogP contribution is 2.22. The molecule has 1 aromatic rings. The Bertz CT molecular complexity index is 377. The van der Waals surface area contributed by atoms with Crippen LogP contribution < -0.4 is 4.74 Å². The molecule has 0 aliphatic heterocycles. The smallest absolute Gasteiger partial charge is 0.338 e. The van der Waals surface area contributed by atoms with E-state index >= 15 is 0 Å². The van der Waals surface area contributed by atoms with Crippen molar-refractivity contribution in [2.24, 2.45) is 0 Å². The predicted molar refractivity (Wildman–Crippen MR) is 75.5 cm³/mol. The van der Waals surface area contributed by atoms with E-state index < -0.39 is 0 Å². The van der Waals surface area contributed by atoms with Gasteiger partial charge < -0.3 is 9.47 Å². The topological polar surface area (TPSA) is 35.5 Å². The van der Waals surface area contributed by atoms with Gasteiger partial charge in [0, 0.05) is 0 Å². The molecule has 0 aliphatic rings. The summed E-state index contributed by atoms with van der Waals surface area (Å²) in [5.74, 6) is 0.539. The Morgan fingerprint density at radius 3 is 2.71 bits per heavy atom. The van der Waals surface area contributed by atoms with Crippen molar-refractivity contribution < 1.29 is 14.3 Å². The van der Waals surface area contributed by atoms with Crippen molar-refractivity contribution >= 4 is 28.6 Å². The fraction of sp³-hybridized carbons (Fsp3) is 0.462. The summed E-state index contributed by atoms with van der Waals surface area (Å²) in [4.78, 5) is 11.5. The Labute approximate surface area is 116 Å². The summed E-state index contributed by atoms with van der Waals surface area (Å²) in [6, 6.07) is 5.35. The molecule has 0 saturated carbocycles. The van der Waals surface area contributed by atoms with Crippen LogP contribution in [-0.2, 0) is 4.74 Å². The number of rotatable bonds is 6. The molecule has 17 heavy (non-hydrogen) atoms. The molecule has 0 unspecified atom stereocenters. The SMILES string of the molecule is CCCCOc1ccc(C(=O)OCC)cc1I. The Kier molecular flexibility index (Phi) is 6.32. The number of unbranched alkanes of at least 4 members (excludes halogenated alkanes) is 1. The van der Waals surface area contributed by atoms with Crippen molar-refractivity contribution in [1.29, 1.82) is 0 Å². The third kappa shape index (κ3) is 4.53. The quantitative estimate of drug-likeness (QED) is 0.447. The predicted octanol–water partition coefficient (Wildman–Crippen LogP) is 3.65. The molecule has 3 nitrogen and oxygen atoms in total. The number of ether oxygens (including phenoxy) is 2. The van der Waals surface area contributed by atoms with Crippen LogP contribution in [0.25, 0.3) is 0 Å². The molecule has 0 aliphatic carbocycles. The summed E-state index contributed by atoms with van der Waals surface area (Å²) >= 11 is 2.17. The second-order valence-electron chi connectivity index (χ2n) is 3.57. The number of hydrogen-bond acceptors (Lipinski definition) is 3. The average Bonchev–Trinajstić information content (AvgIpc) is 2.31. The first kappa shape index (κ1) is 14.3. The van der Waals surface area contributed by atoms with Crippen LogP contribution in [0.5, 0.6) is 5.75 Å². The first-order valence-electron chi connectivity index (χ1n) is 5.78. The van der Waals surface area contributed by atoms with E-state index in [0.717, 1.165) is 22.2 Å². The number of esters is 1. The maximum absolute atomic E-state index is 11.5. The number of carbonyl (C=O) groups excluding carboxylic acids is 1. The molecule has 0 atom stereocenters. The van der Waals surface area contributed by atoms with Gasteiger partial charge >= 0.3 is 5.97 Å². The van der Waals surface area contributed by atoms with Crippen LogP contribution in [0.15, 0.2) is 18.2 Å². The lowest BCUT2D eigenvalue weighted by molar-refractivity contribution is 0.0526. The lowest BCUT2D eigenvalue weighted by Gasteiger charge is -2.09. The molecule has 0 fully saturated rings. The van der Waals surface area contributed by atoms with Crippen molar-refractivity contribution in [2.75, 3.05) is 13.2 Å². The van der Waals surface area contributed by atoms with Gasteiger partial charge in [0.2, 0.25) is 0 Å². The van der Waals surface area contributed by atoms with Gasteiger partial charge in [0.25, 0.3) is 0 Å². The van der Waals surface area contributed by atoms with Crippen LogP contribution in [0.4, 0.5) is 0 Å². The lowest BCUT2D eigenvalue weighted by Crippen LogP contribution is -2.05. The maximum Gasteiger partial charge on any atom is 0.338 e. The normalized spacial score (nSPS) is 10.1.